The summed E-state index contributed by atoms with van der Waals surface area (Å²) in [5.74, 6) is 2.36. The van der Waals surface area contributed by atoms with Crippen LogP contribution in [0.15, 0.2) is 0 Å². The molecule has 0 heterocycles. The molecule has 0 saturated heterocycles. The summed E-state index contributed by atoms with van der Waals surface area (Å²) < 4.78 is 0. The van der Waals surface area contributed by atoms with Gasteiger partial charge in [-0.15, -0.1) is 0 Å². The maximum Gasteiger partial charge on any atom is -0.0266 e. The van der Waals surface area contributed by atoms with Crippen molar-refractivity contribution in [1.82, 2.24) is 0 Å². The molecule has 3 rings (SSSR count). The summed E-state index contributed by atoms with van der Waals surface area (Å²) in [5, 5.41) is 0. The monoisotopic (exact) mass is 136 g/mol. The molecule has 0 aromatic heterocycles. The Bertz CT molecular complexity index is 157. The van der Waals surface area contributed by atoms with Crippen LogP contribution in [0, 0.1) is 17.3 Å². The highest BCUT2D eigenvalue weighted by Crippen LogP contribution is 2.64. The largest absolute Gasteiger partial charge is 0.0525 e. The van der Waals surface area contributed by atoms with Gasteiger partial charge in [-0.3, -0.25) is 0 Å². The fourth-order valence-corrected chi connectivity index (χ4v) is 4.05. The molecule has 3 aliphatic carbocycles. The Morgan fingerprint density at radius 1 is 1.10 bits per heavy atom. The Labute approximate surface area is 63.0 Å². The summed E-state index contributed by atoms with van der Waals surface area (Å²) >= 11 is 0. The SMILES string of the molecule is C1C[C@H]2CC3CCC2(C1)C3. The number of fused-ring (bicyclic) bond motifs is 1. The molecule has 2 unspecified atom stereocenters. The van der Waals surface area contributed by atoms with Gasteiger partial charge in [0, 0.05) is 0 Å². The van der Waals surface area contributed by atoms with Gasteiger partial charge < -0.3 is 0 Å². The molecule has 0 amide bonds. The maximum atomic E-state index is 1.62. The van der Waals surface area contributed by atoms with Gasteiger partial charge in [0.05, 0.1) is 0 Å². The van der Waals surface area contributed by atoms with Crippen LogP contribution in [0.4, 0.5) is 0 Å². The third-order valence-corrected chi connectivity index (χ3v) is 4.46. The summed E-state index contributed by atoms with van der Waals surface area (Å²) in [6.45, 7) is 0. The molecule has 0 radical (unpaired) electrons. The van der Waals surface area contributed by atoms with Crippen molar-refractivity contribution in [2.75, 3.05) is 0 Å². The van der Waals surface area contributed by atoms with Gasteiger partial charge in [-0.2, -0.15) is 0 Å². The lowest BCUT2D eigenvalue weighted by atomic mass is 9.78. The first-order chi connectivity index (χ1) is 4.89. The molecule has 0 aromatic rings. The zero-order chi connectivity index (χ0) is 6.60. The predicted molar refractivity (Wildman–Crippen MR) is 41.7 cm³/mol. The first-order valence-corrected chi connectivity index (χ1v) is 4.89. The van der Waals surface area contributed by atoms with Crippen molar-refractivity contribution < 1.29 is 0 Å². The van der Waals surface area contributed by atoms with E-state index in [0.717, 1.165) is 5.41 Å². The number of hydrogen-bond donors (Lipinski definition) is 0. The molecule has 0 aliphatic heterocycles. The summed E-state index contributed by atoms with van der Waals surface area (Å²) in [7, 11) is 0. The first kappa shape index (κ1) is 5.62. The van der Waals surface area contributed by atoms with E-state index in [2.05, 4.69) is 0 Å². The molecule has 3 fully saturated rings. The molecule has 56 valence electrons. The van der Waals surface area contributed by atoms with Crippen LogP contribution in [-0.4, -0.2) is 0 Å². The van der Waals surface area contributed by atoms with Gasteiger partial charge in [-0.1, -0.05) is 6.42 Å². The summed E-state index contributed by atoms with van der Waals surface area (Å²) in [4.78, 5) is 0. The molecule has 1 spiro atoms. The van der Waals surface area contributed by atoms with Crippen LogP contribution in [-0.2, 0) is 0 Å². The Kier molecular flexibility index (Phi) is 0.898. The Morgan fingerprint density at radius 2 is 2.10 bits per heavy atom. The normalized spacial score (nSPS) is 57.6. The van der Waals surface area contributed by atoms with Crippen molar-refractivity contribution in [2.24, 2.45) is 17.3 Å². The van der Waals surface area contributed by atoms with Crippen LogP contribution in [0.25, 0.3) is 0 Å². The molecule has 2 bridgehead atoms. The Balaban J connectivity index is 1.99. The van der Waals surface area contributed by atoms with E-state index in [1.165, 1.54) is 11.8 Å². The lowest BCUT2D eigenvalue weighted by molar-refractivity contribution is 0.227. The van der Waals surface area contributed by atoms with Crippen LogP contribution in [0.3, 0.4) is 0 Å². The van der Waals surface area contributed by atoms with E-state index in [1.54, 1.807) is 44.9 Å². The zero-order valence-corrected chi connectivity index (χ0v) is 6.60. The van der Waals surface area contributed by atoms with Crippen molar-refractivity contribution in [3.05, 3.63) is 0 Å². The van der Waals surface area contributed by atoms with E-state index < -0.39 is 0 Å². The van der Waals surface area contributed by atoms with E-state index in [9.17, 15) is 0 Å². The van der Waals surface area contributed by atoms with Crippen molar-refractivity contribution in [3.8, 4) is 0 Å². The summed E-state index contributed by atoms with van der Waals surface area (Å²) in [6.07, 6.45) is 11.1. The first-order valence-electron chi connectivity index (χ1n) is 4.89. The van der Waals surface area contributed by atoms with E-state index in [0.29, 0.717) is 0 Å². The van der Waals surface area contributed by atoms with E-state index in [1.807, 2.05) is 0 Å². The van der Waals surface area contributed by atoms with Crippen LogP contribution >= 0.6 is 0 Å². The highest BCUT2D eigenvalue weighted by Gasteiger charge is 2.53. The van der Waals surface area contributed by atoms with Gasteiger partial charge in [0.2, 0.25) is 0 Å². The van der Waals surface area contributed by atoms with Gasteiger partial charge in [-0.05, 0) is 55.8 Å². The van der Waals surface area contributed by atoms with E-state index in [-0.39, 0.29) is 0 Å². The lowest BCUT2D eigenvalue weighted by Crippen LogP contribution is -2.18. The third kappa shape index (κ3) is 0.500. The molecule has 3 atom stereocenters. The Morgan fingerprint density at radius 3 is 2.90 bits per heavy atom. The quantitative estimate of drug-likeness (QED) is 0.480. The number of rotatable bonds is 0. The maximum absolute atomic E-state index is 1.62. The average molecular weight is 136 g/mol. The van der Waals surface area contributed by atoms with Gasteiger partial charge in [-0.25, -0.2) is 0 Å². The molecule has 3 saturated carbocycles. The second-order valence-electron chi connectivity index (χ2n) is 4.80. The standard InChI is InChI=1S/C10H16/c1-2-9-6-8-3-5-10(9,4-1)7-8/h8-9H,1-7H2/t8?,9-,10?/m0/s1. The van der Waals surface area contributed by atoms with E-state index >= 15 is 0 Å². The fraction of sp³-hybridized carbons (Fsp3) is 1.00. The van der Waals surface area contributed by atoms with Gasteiger partial charge in [0.25, 0.3) is 0 Å². The molecular weight excluding hydrogens is 120 g/mol. The molecule has 0 heteroatoms. The lowest BCUT2D eigenvalue weighted by Gasteiger charge is -2.27. The average Bonchev–Trinajstić information content (AvgIpc) is 2.48. The molecule has 3 aliphatic rings. The highest BCUT2D eigenvalue weighted by atomic mass is 14.6. The molecule has 0 aromatic carbocycles. The summed E-state index contributed by atoms with van der Waals surface area (Å²) in [5.41, 5.74) is 0.921. The van der Waals surface area contributed by atoms with Crippen molar-refractivity contribution in [1.29, 1.82) is 0 Å². The van der Waals surface area contributed by atoms with Crippen molar-refractivity contribution >= 4 is 0 Å². The molecule has 10 heavy (non-hydrogen) atoms. The fourth-order valence-electron chi connectivity index (χ4n) is 4.05. The smallest absolute Gasteiger partial charge is 0.0266 e. The second kappa shape index (κ2) is 1.60. The minimum atomic E-state index is 0.921. The molecule has 0 nitrogen and oxygen atoms in total. The highest BCUT2D eigenvalue weighted by molar-refractivity contribution is 5.04. The zero-order valence-electron chi connectivity index (χ0n) is 6.60. The summed E-state index contributed by atoms with van der Waals surface area (Å²) in [6, 6.07) is 0. The Hall–Kier alpha value is 0. The minimum Gasteiger partial charge on any atom is -0.0525 e. The van der Waals surface area contributed by atoms with Crippen LogP contribution in [0.5, 0.6) is 0 Å². The van der Waals surface area contributed by atoms with Crippen LogP contribution in [0.2, 0.25) is 0 Å². The van der Waals surface area contributed by atoms with Gasteiger partial charge in [0.15, 0.2) is 0 Å². The third-order valence-electron chi connectivity index (χ3n) is 4.46. The van der Waals surface area contributed by atoms with Gasteiger partial charge >= 0.3 is 0 Å². The van der Waals surface area contributed by atoms with Gasteiger partial charge in [0.1, 0.15) is 0 Å². The topological polar surface area (TPSA) is 0 Å². The van der Waals surface area contributed by atoms with E-state index in [4.69, 9.17) is 0 Å². The van der Waals surface area contributed by atoms with Crippen molar-refractivity contribution in [2.45, 2.75) is 44.9 Å². The second-order valence-corrected chi connectivity index (χ2v) is 4.80. The minimum absolute atomic E-state index is 0.921. The van der Waals surface area contributed by atoms with Crippen LogP contribution < -0.4 is 0 Å². The van der Waals surface area contributed by atoms with Crippen LogP contribution in [0.1, 0.15) is 44.9 Å². The predicted octanol–water partition coefficient (Wildman–Crippen LogP) is 2.98. The number of hydrogen-bond acceptors (Lipinski definition) is 0. The molecule has 0 N–H and O–H groups in total. The molecular formula is C10H16. The van der Waals surface area contributed by atoms with Crippen molar-refractivity contribution in [3.63, 3.8) is 0 Å².